The number of aliphatic imine (C=N–C) groups is 1. The van der Waals surface area contributed by atoms with Crippen LogP contribution < -0.4 is 0 Å². The van der Waals surface area contributed by atoms with Crippen LogP contribution in [-0.2, 0) is 0 Å². The molecule has 2 unspecified atom stereocenters. The van der Waals surface area contributed by atoms with Crippen molar-refractivity contribution in [2.24, 2.45) is 10.9 Å². The Bertz CT molecular complexity index is 690. The molecule has 2 atom stereocenters. The second-order valence-corrected chi connectivity index (χ2v) is 6.70. The third-order valence-corrected chi connectivity index (χ3v) is 4.91. The van der Waals surface area contributed by atoms with Crippen LogP contribution in [0.25, 0.3) is 11.1 Å². The summed E-state index contributed by atoms with van der Waals surface area (Å²) in [5.41, 5.74) is 4.00. The van der Waals surface area contributed by atoms with Crippen LogP contribution >= 0.6 is 0 Å². The maximum Gasteiger partial charge on any atom is 0.127 e. The van der Waals surface area contributed by atoms with Gasteiger partial charge in [0.05, 0.1) is 6.04 Å². The molecule has 23 heavy (non-hydrogen) atoms. The van der Waals surface area contributed by atoms with Crippen LogP contribution in [-0.4, -0.2) is 17.4 Å². The molecular weight excluding hydrogens is 282 g/mol. The number of hydrogen-bond acceptors (Lipinski definition) is 2. The van der Waals surface area contributed by atoms with Gasteiger partial charge in [-0.15, -0.1) is 0 Å². The monoisotopic (exact) mass is 307 g/mol. The Kier molecular flexibility index (Phi) is 4.80. The minimum atomic E-state index is 0.344. The van der Waals surface area contributed by atoms with Crippen molar-refractivity contribution in [2.75, 3.05) is 0 Å². The molecule has 120 valence electrons. The molecule has 0 bridgehead atoms. The van der Waals surface area contributed by atoms with Crippen LogP contribution in [0.15, 0.2) is 47.5 Å². The first-order valence-electron chi connectivity index (χ1n) is 8.57. The van der Waals surface area contributed by atoms with Gasteiger partial charge in [-0.25, -0.2) is 0 Å². The second kappa shape index (κ2) is 6.99. The van der Waals surface area contributed by atoms with E-state index in [2.05, 4.69) is 19.1 Å². The van der Waals surface area contributed by atoms with E-state index in [1.807, 2.05) is 43.5 Å². The molecule has 0 amide bonds. The quantitative estimate of drug-likeness (QED) is 0.760. The van der Waals surface area contributed by atoms with Crippen molar-refractivity contribution in [3.05, 3.63) is 53.6 Å². The molecule has 2 aromatic carbocycles. The van der Waals surface area contributed by atoms with Crippen molar-refractivity contribution in [1.82, 2.24) is 0 Å². The van der Waals surface area contributed by atoms with Crippen molar-refractivity contribution < 1.29 is 5.11 Å². The van der Waals surface area contributed by atoms with Gasteiger partial charge in [0.25, 0.3) is 0 Å². The summed E-state index contributed by atoms with van der Waals surface area (Å²) in [7, 11) is 0. The van der Waals surface area contributed by atoms with Crippen LogP contribution in [0.5, 0.6) is 5.75 Å². The van der Waals surface area contributed by atoms with Crippen molar-refractivity contribution in [2.45, 2.75) is 45.6 Å². The number of rotatable bonds is 3. The molecule has 0 heterocycles. The Morgan fingerprint density at radius 2 is 1.78 bits per heavy atom. The highest BCUT2D eigenvalue weighted by Gasteiger charge is 2.19. The average molecular weight is 307 g/mol. The maximum absolute atomic E-state index is 10.4. The van der Waals surface area contributed by atoms with Gasteiger partial charge in [0.1, 0.15) is 5.75 Å². The molecule has 1 saturated carbocycles. The highest BCUT2D eigenvalue weighted by molar-refractivity contribution is 5.87. The van der Waals surface area contributed by atoms with E-state index in [4.69, 9.17) is 4.99 Å². The van der Waals surface area contributed by atoms with Gasteiger partial charge < -0.3 is 5.11 Å². The zero-order valence-corrected chi connectivity index (χ0v) is 14.0. The lowest BCUT2D eigenvalue weighted by atomic mass is 9.86. The standard InChI is InChI=1S/C21H25NO/c1-15-8-6-7-11-20(15)22-14-19-13-18(12-16(2)21(19)23)17-9-4-3-5-10-17/h3-5,9-10,12-15,20,23H,6-8,11H2,1-2H3. The number of phenols is 1. The zero-order chi connectivity index (χ0) is 16.2. The third-order valence-electron chi connectivity index (χ3n) is 4.91. The van der Waals surface area contributed by atoms with E-state index in [1.54, 1.807) is 0 Å². The van der Waals surface area contributed by atoms with E-state index in [9.17, 15) is 5.11 Å². The Balaban J connectivity index is 1.91. The van der Waals surface area contributed by atoms with Gasteiger partial charge in [0.2, 0.25) is 0 Å². The predicted octanol–water partition coefficient (Wildman–Crippen LogP) is 5.37. The highest BCUT2D eigenvalue weighted by Crippen LogP contribution is 2.30. The molecule has 0 saturated heterocycles. The summed E-state index contributed by atoms with van der Waals surface area (Å²) in [5, 5.41) is 10.4. The van der Waals surface area contributed by atoms with E-state index in [0.29, 0.717) is 17.7 Å². The van der Waals surface area contributed by atoms with Gasteiger partial charge in [-0.2, -0.15) is 0 Å². The first-order chi connectivity index (χ1) is 11.1. The molecule has 0 spiro atoms. The highest BCUT2D eigenvalue weighted by atomic mass is 16.3. The van der Waals surface area contributed by atoms with Crippen molar-refractivity contribution >= 4 is 6.21 Å². The molecule has 0 aliphatic heterocycles. The first kappa shape index (κ1) is 15.8. The van der Waals surface area contributed by atoms with Crippen LogP contribution in [0, 0.1) is 12.8 Å². The fraction of sp³-hybridized carbons (Fsp3) is 0.381. The number of benzene rings is 2. The molecule has 1 fully saturated rings. The number of aryl methyl sites for hydroxylation is 1. The van der Waals surface area contributed by atoms with Gasteiger partial charge in [0, 0.05) is 11.8 Å². The van der Waals surface area contributed by atoms with Crippen molar-refractivity contribution in [1.29, 1.82) is 0 Å². The molecule has 2 heteroatoms. The van der Waals surface area contributed by atoms with Crippen LogP contribution in [0.3, 0.4) is 0 Å². The fourth-order valence-corrected chi connectivity index (χ4v) is 3.40. The third kappa shape index (κ3) is 3.64. The van der Waals surface area contributed by atoms with Gasteiger partial charge in [0.15, 0.2) is 0 Å². The summed E-state index contributed by atoms with van der Waals surface area (Å²) >= 11 is 0. The van der Waals surface area contributed by atoms with Gasteiger partial charge in [-0.1, -0.05) is 50.1 Å². The smallest absolute Gasteiger partial charge is 0.127 e. The van der Waals surface area contributed by atoms with Crippen LogP contribution in [0.4, 0.5) is 0 Å². The molecule has 1 aliphatic rings. The SMILES string of the molecule is Cc1cc(-c2ccccc2)cc(C=NC2CCCCC2C)c1O. The summed E-state index contributed by atoms with van der Waals surface area (Å²) < 4.78 is 0. The Morgan fingerprint density at radius 3 is 2.52 bits per heavy atom. The Morgan fingerprint density at radius 1 is 1.04 bits per heavy atom. The molecule has 1 aliphatic carbocycles. The molecule has 2 nitrogen and oxygen atoms in total. The molecular formula is C21H25NO. The normalized spacial score (nSPS) is 21.7. The predicted molar refractivity (Wildman–Crippen MR) is 97.3 cm³/mol. The Hall–Kier alpha value is -2.09. The summed E-state index contributed by atoms with van der Waals surface area (Å²) in [6.45, 7) is 4.23. The van der Waals surface area contributed by atoms with Crippen LogP contribution in [0.2, 0.25) is 0 Å². The number of nitrogens with zero attached hydrogens (tertiary/aromatic N) is 1. The van der Waals surface area contributed by atoms with E-state index in [0.717, 1.165) is 28.7 Å². The summed E-state index contributed by atoms with van der Waals surface area (Å²) in [6, 6.07) is 14.7. The van der Waals surface area contributed by atoms with E-state index >= 15 is 0 Å². The van der Waals surface area contributed by atoms with E-state index in [1.165, 1.54) is 19.3 Å². The zero-order valence-electron chi connectivity index (χ0n) is 14.0. The summed E-state index contributed by atoms with van der Waals surface area (Å²) in [5.74, 6) is 0.984. The van der Waals surface area contributed by atoms with E-state index in [-0.39, 0.29) is 0 Å². The van der Waals surface area contributed by atoms with E-state index < -0.39 is 0 Å². The Labute approximate surface area is 138 Å². The fourth-order valence-electron chi connectivity index (χ4n) is 3.40. The summed E-state index contributed by atoms with van der Waals surface area (Å²) in [6.07, 6.45) is 6.89. The van der Waals surface area contributed by atoms with Gasteiger partial charge in [-0.3, -0.25) is 4.99 Å². The lowest BCUT2D eigenvalue weighted by Crippen LogP contribution is -2.20. The molecule has 1 N–H and O–H groups in total. The van der Waals surface area contributed by atoms with Crippen molar-refractivity contribution in [3.63, 3.8) is 0 Å². The lowest BCUT2D eigenvalue weighted by molar-refractivity contribution is 0.333. The minimum Gasteiger partial charge on any atom is -0.507 e. The van der Waals surface area contributed by atoms with Crippen molar-refractivity contribution in [3.8, 4) is 16.9 Å². The van der Waals surface area contributed by atoms with Crippen LogP contribution in [0.1, 0.15) is 43.7 Å². The largest absolute Gasteiger partial charge is 0.507 e. The van der Waals surface area contributed by atoms with Gasteiger partial charge in [-0.05, 0) is 54.5 Å². The minimum absolute atomic E-state index is 0.344. The molecule has 0 aromatic heterocycles. The molecule has 3 rings (SSSR count). The average Bonchev–Trinajstić information content (AvgIpc) is 2.58. The maximum atomic E-state index is 10.4. The molecule has 0 radical (unpaired) electrons. The summed E-state index contributed by atoms with van der Waals surface area (Å²) in [4.78, 5) is 4.79. The van der Waals surface area contributed by atoms with Gasteiger partial charge >= 0.3 is 0 Å². The number of hydrogen-bond donors (Lipinski definition) is 1. The topological polar surface area (TPSA) is 32.6 Å². The lowest BCUT2D eigenvalue weighted by Gasteiger charge is -2.25. The molecule has 2 aromatic rings. The number of aromatic hydroxyl groups is 1. The number of phenolic OH excluding ortho intramolecular Hbond substituents is 1. The second-order valence-electron chi connectivity index (χ2n) is 6.70. The first-order valence-corrected chi connectivity index (χ1v) is 8.57.